The Morgan fingerprint density at radius 1 is 1.00 bits per heavy atom. The molecule has 1 atom stereocenters. The van der Waals surface area contributed by atoms with Gasteiger partial charge in [-0.25, -0.2) is 0 Å². The molecule has 3 nitrogen and oxygen atoms in total. The van der Waals surface area contributed by atoms with E-state index in [0.717, 1.165) is 26.2 Å². The second-order valence-electron chi connectivity index (χ2n) is 5.97. The number of rotatable bonds is 11. The minimum Gasteiger partial charge on any atom is -0.361 e. The van der Waals surface area contributed by atoms with E-state index in [1.165, 1.54) is 64.2 Å². The van der Waals surface area contributed by atoms with Gasteiger partial charge in [0.2, 0.25) is 0 Å². The van der Waals surface area contributed by atoms with Gasteiger partial charge in [-0.2, -0.15) is 5.26 Å². The van der Waals surface area contributed by atoms with Crippen molar-refractivity contribution in [1.29, 1.82) is 5.26 Å². The summed E-state index contributed by atoms with van der Waals surface area (Å²) in [5, 5.41) is 8.85. The van der Waals surface area contributed by atoms with E-state index in [-0.39, 0.29) is 6.10 Å². The summed E-state index contributed by atoms with van der Waals surface area (Å²) in [6.45, 7) is 5.92. The molecule has 0 radical (unpaired) electrons. The van der Waals surface area contributed by atoms with Crippen molar-refractivity contribution in [2.24, 2.45) is 0 Å². The lowest BCUT2D eigenvalue weighted by Crippen LogP contribution is -2.42. The van der Waals surface area contributed by atoms with Crippen molar-refractivity contribution in [2.45, 2.75) is 77.2 Å². The van der Waals surface area contributed by atoms with Gasteiger partial charge in [0, 0.05) is 13.1 Å². The lowest BCUT2D eigenvalue weighted by Gasteiger charge is -2.29. The van der Waals surface area contributed by atoms with Crippen LogP contribution in [0.15, 0.2) is 0 Å². The Balaban J connectivity index is 1.84. The largest absolute Gasteiger partial charge is 0.361 e. The van der Waals surface area contributed by atoms with E-state index in [2.05, 4.69) is 17.9 Å². The number of nitrogens with zero attached hydrogens (tertiary/aromatic N) is 2. The Labute approximate surface area is 125 Å². The van der Waals surface area contributed by atoms with Crippen molar-refractivity contribution in [1.82, 2.24) is 4.90 Å². The van der Waals surface area contributed by atoms with Crippen molar-refractivity contribution in [3.05, 3.63) is 0 Å². The van der Waals surface area contributed by atoms with Crippen LogP contribution in [-0.2, 0) is 4.74 Å². The fourth-order valence-corrected chi connectivity index (χ4v) is 2.81. The molecule has 1 unspecified atom stereocenters. The van der Waals surface area contributed by atoms with Crippen molar-refractivity contribution in [3.63, 3.8) is 0 Å². The summed E-state index contributed by atoms with van der Waals surface area (Å²) >= 11 is 0. The van der Waals surface area contributed by atoms with Crippen LogP contribution >= 0.6 is 0 Å². The third-order valence-corrected chi connectivity index (χ3v) is 4.12. The smallest absolute Gasteiger partial charge is 0.156 e. The number of hydrogen-bond acceptors (Lipinski definition) is 3. The lowest BCUT2D eigenvalue weighted by molar-refractivity contribution is 0.0000338. The molecule has 0 aromatic heterocycles. The lowest BCUT2D eigenvalue weighted by atomic mass is 10.1. The molecule has 0 amide bonds. The Bertz CT molecular complexity index is 262. The van der Waals surface area contributed by atoms with E-state index in [1.54, 1.807) is 0 Å². The van der Waals surface area contributed by atoms with Crippen LogP contribution in [0.5, 0.6) is 0 Å². The minimum absolute atomic E-state index is 0.202. The van der Waals surface area contributed by atoms with E-state index >= 15 is 0 Å². The van der Waals surface area contributed by atoms with Crippen molar-refractivity contribution in [3.8, 4) is 6.07 Å². The Morgan fingerprint density at radius 3 is 2.20 bits per heavy atom. The average molecular weight is 280 g/mol. The third kappa shape index (κ3) is 8.55. The topological polar surface area (TPSA) is 36.3 Å². The van der Waals surface area contributed by atoms with Crippen LogP contribution in [0.1, 0.15) is 71.1 Å². The van der Waals surface area contributed by atoms with Crippen LogP contribution in [-0.4, -0.2) is 37.2 Å². The minimum atomic E-state index is -0.202. The first-order valence-electron chi connectivity index (χ1n) is 8.60. The first-order valence-corrected chi connectivity index (χ1v) is 8.60. The molecule has 0 N–H and O–H groups in total. The zero-order valence-corrected chi connectivity index (χ0v) is 13.3. The van der Waals surface area contributed by atoms with Gasteiger partial charge in [0.15, 0.2) is 6.10 Å². The Hall–Kier alpha value is -0.590. The summed E-state index contributed by atoms with van der Waals surface area (Å²) < 4.78 is 5.35. The first kappa shape index (κ1) is 17.5. The molecule has 0 bridgehead atoms. The van der Waals surface area contributed by atoms with E-state index in [4.69, 9.17) is 10.00 Å². The summed E-state index contributed by atoms with van der Waals surface area (Å²) in [4.78, 5) is 2.38. The van der Waals surface area contributed by atoms with Gasteiger partial charge in [-0.1, -0.05) is 64.7 Å². The Kier molecular flexibility index (Phi) is 10.6. The van der Waals surface area contributed by atoms with Crippen LogP contribution < -0.4 is 0 Å². The molecule has 1 rings (SSSR count). The SMILES string of the molecule is CCCCCCCCCCCCN1CCOC(C#N)C1. The highest BCUT2D eigenvalue weighted by atomic mass is 16.5. The molecule has 3 heteroatoms. The molecule has 1 aliphatic heterocycles. The van der Waals surface area contributed by atoms with Gasteiger partial charge in [0.1, 0.15) is 0 Å². The van der Waals surface area contributed by atoms with E-state index in [1.807, 2.05) is 0 Å². The van der Waals surface area contributed by atoms with Crippen molar-refractivity contribution < 1.29 is 4.74 Å². The molecule has 20 heavy (non-hydrogen) atoms. The van der Waals surface area contributed by atoms with E-state index in [9.17, 15) is 0 Å². The van der Waals surface area contributed by atoms with Crippen LogP contribution in [0.3, 0.4) is 0 Å². The van der Waals surface area contributed by atoms with Gasteiger partial charge in [0.05, 0.1) is 12.7 Å². The number of hydrogen-bond donors (Lipinski definition) is 0. The fraction of sp³-hybridized carbons (Fsp3) is 0.941. The molecule has 1 saturated heterocycles. The van der Waals surface area contributed by atoms with Gasteiger partial charge in [-0.15, -0.1) is 0 Å². The second kappa shape index (κ2) is 12.2. The number of unbranched alkanes of at least 4 members (excludes halogenated alkanes) is 9. The predicted molar refractivity (Wildman–Crippen MR) is 83.6 cm³/mol. The van der Waals surface area contributed by atoms with Crippen LogP contribution in [0.25, 0.3) is 0 Å². The monoisotopic (exact) mass is 280 g/mol. The van der Waals surface area contributed by atoms with Gasteiger partial charge in [0.25, 0.3) is 0 Å². The number of morpholine rings is 1. The van der Waals surface area contributed by atoms with Crippen LogP contribution in [0.4, 0.5) is 0 Å². The maximum atomic E-state index is 8.85. The van der Waals surface area contributed by atoms with Gasteiger partial charge in [-0.05, 0) is 13.0 Å². The van der Waals surface area contributed by atoms with Gasteiger partial charge < -0.3 is 4.74 Å². The number of ether oxygens (including phenoxy) is 1. The maximum absolute atomic E-state index is 8.85. The molecule has 1 aliphatic rings. The third-order valence-electron chi connectivity index (χ3n) is 4.12. The zero-order chi connectivity index (χ0) is 14.5. The van der Waals surface area contributed by atoms with Crippen LogP contribution in [0, 0.1) is 11.3 Å². The molecular weight excluding hydrogens is 248 g/mol. The highest BCUT2D eigenvalue weighted by molar-refractivity contribution is 4.89. The van der Waals surface area contributed by atoms with Crippen molar-refractivity contribution in [2.75, 3.05) is 26.2 Å². The van der Waals surface area contributed by atoms with E-state index < -0.39 is 0 Å². The van der Waals surface area contributed by atoms with E-state index in [0.29, 0.717) is 0 Å². The average Bonchev–Trinajstić information content (AvgIpc) is 2.49. The Morgan fingerprint density at radius 2 is 1.60 bits per heavy atom. The first-order chi connectivity index (χ1) is 9.86. The highest BCUT2D eigenvalue weighted by Gasteiger charge is 2.18. The standard InChI is InChI=1S/C17H32N2O/c1-2-3-4-5-6-7-8-9-10-11-12-19-13-14-20-17(15-18)16-19/h17H,2-14,16H2,1H3. The zero-order valence-electron chi connectivity index (χ0n) is 13.3. The molecule has 1 heterocycles. The fourth-order valence-electron chi connectivity index (χ4n) is 2.81. The normalized spacial score (nSPS) is 19.9. The molecule has 116 valence electrons. The molecule has 1 fully saturated rings. The molecular formula is C17H32N2O. The van der Waals surface area contributed by atoms with Gasteiger partial charge >= 0.3 is 0 Å². The molecule has 0 saturated carbocycles. The molecule has 0 spiro atoms. The predicted octanol–water partition coefficient (Wildman–Crippen LogP) is 4.13. The molecule has 0 aromatic rings. The summed E-state index contributed by atoms with van der Waals surface area (Å²) in [6, 6.07) is 2.21. The summed E-state index contributed by atoms with van der Waals surface area (Å²) in [7, 11) is 0. The summed E-state index contributed by atoms with van der Waals surface area (Å²) in [6.07, 6.45) is 13.6. The van der Waals surface area contributed by atoms with Gasteiger partial charge in [-0.3, -0.25) is 4.90 Å². The quantitative estimate of drug-likeness (QED) is 0.534. The van der Waals surface area contributed by atoms with Crippen molar-refractivity contribution >= 4 is 0 Å². The molecule has 0 aromatic carbocycles. The number of nitriles is 1. The second-order valence-corrected chi connectivity index (χ2v) is 5.97. The summed E-state index contributed by atoms with van der Waals surface area (Å²) in [5.41, 5.74) is 0. The molecule has 0 aliphatic carbocycles. The maximum Gasteiger partial charge on any atom is 0.156 e. The highest BCUT2D eigenvalue weighted by Crippen LogP contribution is 2.11. The summed E-state index contributed by atoms with van der Waals surface area (Å²) in [5.74, 6) is 0. The van der Waals surface area contributed by atoms with Crippen LogP contribution in [0.2, 0.25) is 0 Å².